The minimum absolute atomic E-state index is 0.131. The van der Waals surface area contributed by atoms with Crippen LogP contribution in [0.25, 0.3) is 11.1 Å². The molecule has 0 saturated carbocycles. The quantitative estimate of drug-likeness (QED) is 0.681. The van der Waals surface area contributed by atoms with Crippen molar-refractivity contribution in [3.05, 3.63) is 53.8 Å². The Morgan fingerprint density at radius 3 is 2.58 bits per heavy atom. The van der Waals surface area contributed by atoms with Gasteiger partial charge in [0.15, 0.2) is 0 Å². The van der Waals surface area contributed by atoms with Crippen molar-refractivity contribution in [2.75, 3.05) is 12.8 Å². The van der Waals surface area contributed by atoms with Crippen molar-refractivity contribution in [2.45, 2.75) is 6.42 Å². The molecular formula is C15H14FNO2. The zero-order valence-corrected chi connectivity index (χ0v) is 10.5. The van der Waals surface area contributed by atoms with Crippen LogP contribution in [0, 0.1) is 5.82 Å². The van der Waals surface area contributed by atoms with Crippen LogP contribution >= 0.6 is 0 Å². The number of rotatable bonds is 3. The molecule has 0 heterocycles. The van der Waals surface area contributed by atoms with Gasteiger partial charge in [-0.25, -0.2) is 4.39 Å². The molecule has 3 nitrogen and oxygen atoms in total. The third-order valence-electron chi connectivity index (χ3n) is 2.87. The first kappa shape index (κ1) is 13.1. The summed E-state index contributed by atoms with van der Waals surface area (Å²) < 4.78 is 17.8. The summed E-state index contributed by atoms with van der Waals surface area (Å²) in [7, 11) is 1.33. The van der Waals surface area contributed by atoms with Gasteiger partial charge in [0.2, 0.25) is 0 Å². The van der Waals surface area contributed by atoms with Crippen molar-refractivity contribution in [3.63, 3.8) is 0 Å². The second-order valence-corrected chi connectivity index (χ2v) is 4.18. The van der Waals surface area contributed by atoms with Gasteiger partial charge in [-0.05, 0) is 34.9 Å². The van der Waals surface area contributed by atoms with Gasteiger partial charge < -0.3 is 10.5 Å². The predicted octanol–water partition coefficient (Wildman–Crippen LogP) is 2.79. The third kappa shape index (κ3) is 3.10. The molecule has 2 N–H and O–H groups in total. The van der Waals surface area contributed by atoms with E-state index in [4.69, 9.17) is 5.73 Å². The molecule has 0 unspecified atom stereocenters. The lowest BCUT2D eigenvalue weighted by Crippen LogP contribution is -2.06. The van der Waals surface area contributed by atoms with E-state index in [1.165, 1.54) is 19.2 Å². The van der Waals surface area contributed by atoms with Gasteiger partial charge in [0.25, 0.3) is 0 Å². The number of carbonyl (C=O) groups is 1. The Balaban J connectivity index is 2.31. The predicted molar refractivity (Wildman–Crippen MR) is 72.0 cm³/mol. The van der Waals surface area contributed by atoms with Gasteiger partial charge in [-0.2, -0.15) is 0 Å². The minimum atomic E-state index is -0.342. The zero-order valence-electron chi connectivity index (χ0n) is 10.5. The van der Waals surface area contributed by atoms with Crippen LogP contribution in [-0.2, 0) is 16.0 Å². The number of methoxy groups -OCH3 is 1. The highest BCUT2D eigenvalue weighted by atomic mass is 19.1. The van der Waals surface area contributed by atoms with Crippen LogP contribution in [0.15, 0.2) is 42.5 Å². The normalized spacial score (nSPS) is 10.2. The lowest BCUT2D eigenvalue weighted by Gasteiger charge is -2.08. The van der Waals surface area contributed by atoms with Gasteiger partial charge in [-0.15, -0.1) is 0 Å². The van der Waals surface area contributed by atoms with Crippen LogP contribution < -0.4 is 5.73 Å². The minimum Gasteiger partial charge on any atom is -0.469 e. The van der Waals surface area contributed by atoms with E-state index in [0.717, 1.165) is 11.1 Å². The topological polar surface area (TPSA) is 52.3 Å². The summed E-state index contributed by atoms with van der Waals surface area (Å²) in [5, 5.41) is 0. The summed E-state index contributed by atoms with van der Waals surface area (Å²) in [6, 6.07) is 11.6. The molecule has 0 atom stereocenters. The average Bonchev–Trinajstić information content (AvgIpc) is 2.41. The summed E-state index contributed by atoms with van der Waals surface area (Å²) in [5.74, 6) is -0.639. The van der Waals surface area contributed by atoms with Gasteiger partial charge >= 0.3 is 5.97 Å². The maximum atomic E-state index is 13.2. The fourth-order valence-corrected chi connectivity index (χ4v) is 1.83. The molecule has 4 heteroatoms. The van der Waals surface area contributed by atoms with E-state index in [1.54, 1.807) is 24.3 Å². The van der Waals surface area contributed by atoms with Gasteiger partial charge in [0.1, 0.15) is 5.82 Å². The number of nitrogen functional groups attached to an aromatic ring is 1. The van der Waals surface area contributed by atoms with Crippen molar-refractivity contribution >= 4 is 11.7 Å². The van der Waals surface area contributed by atoms with E-state index in [1.807, 2.05) is 6.07 Å². The Kier molecular flexibility index (Phi) is 3.80. The molecule has 0 aliphatic rings. The fourth-order valence-electron chi connectivity index (χ4n) is 1.83. The molecule has 0 aromatic heterocycles. The standard InChI is InChI=1S/C15H14FNO2/c1-19-15(18)9-12-6-5-11(8-14(12)17)10-3-2-4-13(16)7-10/h2-8H,9,17H2,1H3. The summed E-state index contributed by atoms with van der Waals surface area (Å²) in [6.07, 6.45) is 0.131. The largest absolute Gasteiger partial charge is 0.469 e. The maximum Gasteiger partial charge on any atom is 0.310 e. The van der Waals surface area contributed by atoms with E-state index in [0.29, 0.717) is 11.3 Å². The van der Waals surface area contributed by atoms with Crippen LogP contribution in [0.4, 0.5) is 10.1 Å². The maximum absolute atomic E-state index is 13.2. The fraction of sp³-hybridized carbons (Fsp3) is 0.133. The summed E-state index contributed by atoms with van der Waals surface area (Å²) in [5.41, 5.74) is 8.65. The molecule has 0 fully saturated rings. The molecule has 2 aromatic rings. The average molecular weight is 259 g/mol. The lowest BCUT2D eigenvalue weighted by atomic mass is 10.0. The Hall–Kier alpha value is -2.36. The molecule has 2 rings (SSSR count). The highest BCUT2D eigenvalue weighted by molar-refractivity contribution is 5.77. The second kappa shape index (κ2) is 5.52. The van der Waals surface area contributed by atoms with Crippen molar-refractivity contribution < 1.29 is 13.9 Å². The first-order valence-electron chi connectivity index (χ1n) is 5.81. The Bertz CT molecular complexity index is 611. The molecule has 0 spiro atoms. The van der Waals surface area contributed by atoms with Crippen LogP contribution in [0.2, 0.25) is 0 Å². The molecule has 0 aliphatic heterocycles. The SMILES string of the molecule is COC(=O)Cc1ccc(-c2cccc(F)c2)cc1N. The number of ether oxygens (including phenoxy) is 1. The number of esters is 1. The van der Waals surface area contributed by atoms with Crippen LogP contribution in [0.5, 0.6) is 0 Å². The second-order valence-electron chi connectivity index (χ2n) is 4.18. The van der Waals surface area contributed by atoms with E-state index >= 15 is 0 Å². The number of halogens is 1. The first-order valence-corrected chi connectivity index (χ1v) is 5.81. The van der Waals surface area contributed by atoms with Crippen molar-refractivity contribution in [3.8, 4) is 11.1 Å². The molecule has 0 aliphatic carbocycles. The van der Waals surface area contributed by atoms with Crippen LogP contribution in [0.3, 0.4) is 0 Å². The number of hydrogen-bond donors (Lipinski definition) is 1. The molecular weight excluding hydrogens is 245 g/mol. The smallest absolute Gasteiger partial charge is 0.310 e. The van der Waals surface area contributed by atoms with E-state index < -0.39 is 0 Å². The number of benzene rings is 2. The van der Waals surface area contributed by atoms with Crippen LogP contribution in [0.1, 0.15) is 5.56 Å². The first-order chi connectivity index (χ1) is 9.10. The zero-order chi connectivity index (χ0) is 13.8. The molecule has 0 saturated heterocycles. The van der Waals surface area contributed by atoms with Gasteiger partial charge in [-0.3, -0.25) is 4.79 Å². The third-order valence-corrected chi connectivity index (χ3v) is 2.87. The van der Waals surface area contributed by atoms with E-state index in [9.17, 15) is 9.18 Å². The Morgan fingerprint density at radius 1 is 1.21 bits per heavy atom. The van der Waals surface area contributed by atoms with Crippen LogP contribution in [-0.4, -0.2) is 13.1 Å². The molecule has 0 amide bonds. The lowest BCUT2D eigenvalue weighted by molar-refractivity contribution is -0.139. The summed E-state index contributed by atoms with van der Waals surface area (Å²) in [4.78, 5) is 11.2. The summed E-state index contributed by atoms with van der Waals surface area (Å²) in [6.45, 7) is 0. The highest BCUT2D eigenvalue weighted by Crippen LogP contribution is 2.25. The molecule has 98 valence electrons. The Labute approximate surface area is 110 Å². The van der Waals surface area contributed by atoms with Gasteiger partial charge in [-0.1, -0.05) is 24.3 Å². The van der Waals surface area contributed by atoms with Crippen molar-refractivity contribution in [2.24, 2.45) is 0 Å². The molecule has 0 bridgehead atoms. The summed E-state index contributed by atoms with van der Waals surface area (Å²) >= 11 is 0. The van der Waals surface area contributed by atoms with E-state index in [-0.39, 0.29) is 18.2 Å². The van der Waals surface area contributed by atoms with E-state index in [2.05, 4.69) is 4.74 Å². The number of nitrogens with two attached hydrogens (primary N) is 1. The highest BCUT2D eigenvalue weighted by Gasteiger charge is 2.08. The number of anilines is 1. The van der Waals surface area contributed by atoms with Gasteiger partial charge in [0, 0.05) is 5.69 Å². The molecule has 19 heavy (non-hydrogen) atoms. The monoisotopic (exact) mass is 259 g/mol. The molecule has 0 radical (unpaired) electrons. The molecule has 2 aromatic carbocycles. The number of hydrogen-bond acceptors (Lipinski definition) is 3. The number of carbonyl (C=O) groups excluding carboxylic acids is 1. The van der Waals surface area contributed by atoms with Gasteiger partial charge in [0.05, 0.1) is 13.5 Å². The Morgan fingerprint density at radius 2 is 1.95 bits per heavy atom. The van der Waals surface area contributed by atoms with Crippen molar-refractivity contribution in [1.82, 2.24) is 0 Å². The van der Waals surface area contributed by atoms with Crippen molar-refractivity contribution in [1.29, 1.82) is 0 Å².